The van der Waals surface area contributed by atoms with Gasteiger partial charge in [-0.05, 0) is 61.7 Å². The van der Waals surface area contributed by atoms with Gasteiger partial charge >= 0.3 is 0 Å². The molecule has 168 valence electrons. The van der Waals surface area contributed by atoms with Gasteiger partial charge in [-0.3, -0.25) is 14.5 Å². The normalized spacial score (nSPS) is 21.3. The lowest BCUT2D eigenvalue weighted by molar-refractivity contribution is -0.123. The van der Waals surface area contributed by atoms with Crippen LogP contribution in [0.2, 0.25) is 0 Å². The Bertz CT molecular complexity index is 1130. The number of amides is 2. The van der Waals surface area contributed by atoms with E-state index in [9.17, 15) is 14.0 Å². The number of hydrogen-bond donors (Lipinski definition) is 0. The number of carbonyl (C=O) groups excluding carboxylic acids is 2. The van der Waals surface area contributed by atoms with E-state index >= 15 is 0 Å². The molecule has 2 amide bonds. The minimum absolute atomic E-state index is 0.0221. The molecular formula is C25H27FN2O3S. The van der Waals surface area contributed by atoms with Gasteiger partial charge in [0.25, 0.3) is 11.1 Å². The maximum absolute atomic E-state index is 14.0. The van der Waals surface area contributed by atoms with Crippen molar-refractivity contribution in [2.24, 2.45) is 0 Å². The quantitative estimate of drug-likeness (QED) is 0.547. The Balaban J connectivity index is 1.68. The highest BCUT2D eigenvalue weighted by Crippen LogP contribution is 2.46. The summed E-state index contributed by atoms with van der Waals surface area (Å²) in [4.78, 5) is 29.1. The van der Waals surface area contributed by atoms with Gasteiger partial charge in [-0.2, -0.15) is 0 Å². The zero-order valence-corrected chi connectivity index (χ0v) is 19.8. The van der Waals surface area contributed by atoms with Crippen molar-refractivity contribution in [2.45, 2.75) is 45.2 Å². The number of halogens is 1. The molecule has 4 rings (SSSR count). The van der Waals surface area contributed by atoms with Crippen molar-refractivity contribution in [3.63, 3.8) is 0 Å². The van der Waals surface area contributed by atoms with E-state index in [1.54, 1.807) is 31.4 Å². The molecule has 5 nitrogen and oxygen atoms in total. The Morgan fingerprint density at radius 2 is 1.97 bits per heavy atom. The number of rotatable bonds is 4. The van der Waals surface area contributed by atoms with E-state index in [2.05, 4.69) is 38.8 Å². The zero-order valence-electron chi connectivity index (χ0n) is 18.9. The van der Waals surface area contributed by atoms with E-state index < -0.39 is 17.0 Å². The molecule has 0 saturated carbocycles. The van der Waals surface area contributed by atoms with E-state index in [4.69, 9.17) is 4.74 Å². The van der Waals surface area contributed by atoms with Gasteiger partial charge in [-0.25, -0.2) is 4.39 Å². The molecule has 0 bridgehead atoms. The highest BCUT2D eigenvalue weighted by Gasteiger charge is 2.37. The predicted molar refractivity (Wildman–Crippen MR) is 126 cm³/mol. The van der Waals surface area contributed by atoms with Gasteiger partial charge in [0.2, 0.25) is 0 Å². The van der Waals surface area contributed by atoms with Crippen LogP contribution < -0.4 is 9.64 Å². The first kappa shape index (κ1) is 22.4. The Morgan fingerprint density at radius 3 is 2.66 bits per heavy atom. The Labute approximate surface area is 192 Å². The number of fused-ring (bicyclic) bond motifs is 1. The first-order valence-electron chi connectivity index (χ1n) is 10.6. The molecule has 7 heteroatoms. The van der Waals surface area contributed by atoms with Crippen molar-refractivity contribution in [2.75, 3.05) is 19.1 Å². The van der Waals surface area contributed by atoms with Gasteiger partial charge < -0.3 is 9.64 Å². The fourth-order valence-corrected chi connectivity index (χ4v) is 5.30. The molecule has 2 aliphatic heterocycles. The van der Waals surface area contributed by atoms with Crippen molar-refractivity contribution >= 4 is 34.7 Å². The van der Waals surface area contributed by atoms with Crippen LogP contribution in [0.5, 0.6) is 5.75 Å². The molecule has 1 fully saturated rings. The van der Waals surface area contributed by atoms with Crippen LogP contribution >= 0.6 is 11.8 Å². The second-order valence-electron chi connectivity index (χ2n) is 8.99. The number of thioether (sulfide) groups is 1. The Hall–Kier alpha value is -2.80. The third-order valence-electron chi connectivity index (χ3n) is 6.43. The Kier molecular flexibility index (Phi) is 5.79. The number of anilines is 1. The number of ether oxygens (including phenoxy) is 1. The first-order chi connectivity index (χ1) is 15.1. The molecule has 2 aromatic rings. The van der Waals surface area contributed by atoms with Crippen LogP contribution in [0.4, 0.5) is 14.9 Å². The summed E-state index contributed by atoms with van der Waals surface area (Å²) in [6.45, 7) is 6.55. The molecule has 2 heterocycles. The molecule has 2 aromatic carbocycles. The second kappa shape index (κ2) is 8.28. The summed E-state index contributed by atoms with van der Waals surface area (Å²) < 4.78 is 19.7. The summed E-state index contributed by atoms with van der Waals surface area (Å²) in [7, 11) is 3.68. The molecule has 1 unspecified atom stereocenters. The largest absolute Gasteiger partial charge is 0.496 e. The second-order valence-corrected chi connectivity index (χ2v) is 9.98. The van der Waals surface area contributed by atoms with Gasteiger partial charge in [0.1, 0.15) is 11.6 Å². The average molecular weight is 455 g/mol. The summed E-state index contributed by atoms with van der Waals surface area (Å²) in [5.74, 6) is 0.119. The van der Waals surface area contributed by atoms with E-state index in [0.717, 1.165) is 34.3 Å². The number of hydrogen-bond acceptors (Lipinski definition) is 5. The molecule has 32 heavy (non-hydrogen) atoms. The molecule has 0 aliphatic carbocycles. The molecule has 1 saturated heterocycles. The Morgan fingerprint density at radius 1 is 1.25 bits per heavy atom. The van der Waals surface area contributed by atoms with E-state index in [0.29, 0.717) is 22.1 Å². The van der Waals surface area contributed by atoms with Crippen LogP contribution in [-0.4, -0.2) is 35.7 Å². The third-order valence-corrected chi connectivity index (χ3v) is 7.34. The topological polar surface area (TPSA) is 49.9 Å². The third kappa shape index (κ3) is 3.90. The van der Waals surface area contributed by atoms with Crippen LogP contribution in [0, 0.1) is 5.82 Å². The summed E-state index contributed by atoms with van der Waals surface area (Å²) in [5, 5.41) is -0.406. The highest BCUT2D eigenvalue weighted by molar-refractivity contribution is 8.18. The monoisotopic (exact) mass is 454 g/mol. The van der Waals surface area contributed by atoms with E-state index in [1.807, 2.05) is 6.07 Å². The number of carbonyl (C=O) groups is 2. The van der Waals surface area contributed by atoms with Crippen LogP contribution in [0.3, 0.4) is 0 Å². The molecule has 0 aromatic heterocycles. The van der Waals surface area contributed by atoms with Crippen molar-refractivity contribution in [1.82, 2.24) is 4.90 Å². The van der Waals surface area contributed by atoms with E-state index in [1.165, 1.54) is 11.6 Å². The van der Waals surface area contributed by atoms with Crippen molar-refractivity contribution in [1.29, 1.82) is 0 Å². The number of benzene rings is 2. The zero-order chi connectivity index (χ0) is 23.2. The standard InChI is InChI=1S/C25H27FN2O3S/c1-15-13-25(2,3)27(4)20-12-21(31-5)17(10-18(15)20)11-22-23(29)28(24(30)32-22)14-16-8-6-7-9-19(16)26/h6-12,15H,13-14H2,1-5H3/b22-11+. The fraction of sp³-hybridized carbons (Fsp3) is 0.360. The minimum Gasteiger partial charge on any atom is -0.496 e. The van der Waals surface area contributed by atoms with E-state index in [-0.39, 0.29) is 12.1 Å². The van der Waals surface area contributed by atoms with Crippen LogP contribution in [0.1, 0.15) is 49.8 Å². The van der Waals surface area contributed by atoms with Gasteiger partial charge in [0.15, 0.2) is 0 Å². The van der Waals surface area contributed by atoms with Crippen LogP contribution in [0.25, 0.3) is 6.08 Å². The maximum Gasteiger partial charge on any atom is 0.293 e. The smallest absolute Gasteiger partial charge is 0.293 e. The molecule has 0 radical (unpaired) electrons. The SMILES string of the molecule is COc1cc2c(cc1/C=C1/SC(=O)N(Cc3ccccc3F)C1=O)C(C)CC(C)(C)N2C. The fourth-order valence-electron chi connectivity index (χ4n) is 4.47. The van der Waals surface area contributed by atoms with Crippen LogP contribution in [0.15, 0.2) is 41.3 Å². The van der Waals surface area contributed by atoms with Gasteiger partial charge in [-0.15, -0.1) is 0 Å². The average Bonchev–Trinajstić information content (AvgIpc) is 3.00. The number of nitrogens with zero attached hydrogens (tertiary/aromatic N) is 2. The summed E-state index contributed by atoms with van der Waals surface area (Å²) in [6.07, 6.45) is 2.71. The molecule has 0 N–H and O–H groups in total. The van der Waals surface area contributed by atoms with Gasteiger partial charge in [0, 0.05) is 35.5 Å². The van der Waals surface area contributed by atoms with Crippen molar-refractivity contribution in [3.8, 4) is 5.75 Å². The lowest BCUT2D eigenvalue weighted by atomic mass is 9.80. The van der Waals surface area contributed by atoms with Crippen molar-refractivity contribution < 1.29 is 18.7 Å². The van der Waals surface area contributed by atoms with Gasteiger partial charge in [0.05, 0.1) is 18.6 Å². The predicted octanol–water partition coefficient (Wildman–Crippen LogP) is 5.79. The number of imide groups is 1. The van der Waals surface area contributed by atoms with Gasteiger partial charge in [-0.1, -0.05) is 25.1 Å². The number of methoxy groups -OCH3 is 1. The lowest BCUT2D eigenvalue weighted by Crippen LogP contribution is -2.45. The minimum atomic E-state index is -0.437. The highest BCUT2D eigenvalue weighted by atomic mass is 32.2. The molecule has 1 atom stereocenters. The molecule has 0 spiro atoms. The molecule has 2 aliphatic rings. The molecular weight excluding hydrogens is 427 g/mol. The summed E-state index contributed by atoms with van der Waals surface area (Å²) in [5.41, 5.74) is 3.37. The lowest BCUT2D eigenvalue weighted by Gasteiger charge is -2.45. The first-order valence-corrected chi connectivity index (χ1v) is 11.4. The van der Waals surface area contributed by atoms with Crippen molar-refractivity contribution in [3.05, 3.63) is 63.8 Å². The summed E-state index contributed by atoms with van der Waals surface area (Å²) in [6, 6.07) is 10.2. The maximum atomic E-state index is 14.0. The van der Waals surface area contributed by atoms with Crippen LogP contribution in [-0.2, 0) is 11.3 Å². The summed E-state index contributed by atoms with van der Waals surface area (Å²) >= 11 is 0.870.